The van der Waals surface area contributed by atoms with Crippen molar-refractivity contribution in [2.24, 2.45) is 0 Å². The highest BCUT2D eigenvalue weighted by molar-refractivity contribution is 7.10. The molecular formula is C17H20O4S. The average molecular weight is 320 g/mol. The van der Waals surface area contributed by atoms with Crippen molar-refractivity contribution in [3.05, 3.63) is 57.8 Å². The third-order valence-electron chi connectivity index (χ3n) is 3.77. The molecule has 1 unspecified atom stereocenters. The fourth-order valence-electron chi connectivity index (χ4n) is 2.43. The van der Waals surface area contributed by atoms with Crippen LogP contribution in [0.5, 0.6) is 0 Å². The molecule has 0 amide bonds. The molecule has 1 heterocycles. The number of carbonyl (C=O) groups is 1. The molecule has 4 nitrogen and oxygen atoms in total. The molecule has 0 fully saturated rings. The summed E-state index contributed by atoms with van der Waals surface area (Å²) in [4.78, 5) is 12.6. The van der Waals surface area contributed by atoms with E-state index in [1.165, 1.54) is 7.11 Å². The van der Waals surface area contributed by atoms with Crippen LogP contribution in [0.1, 0.15) is 28.8 Å². The Balaban J connectivity index is 2.37. The molecule has 2 rings (SSSR count). The van der Waals surface area contributed by atoms with Crippen LogP contribution in [-0.4, -0.2) is 27.3 Å². The van der Waals surface area contributed by atoms with Crippen LogP contribution in [0.4, 0.5) is 0 Å². The van der Waals surface area contributed by atoms with Gasteiger partial charge in [0.25, 0.3) is 0 Å². The number of ether oxygens (including phenoxy) is 3. The first-order valence-electron chi connectivity index (χ1n) is 6.91. The van der Waals surface area contributed by atoms with E-state index in [4.69, 9.17) is 14.2 Å². The molecule has 1 aromatic carbocycles. The summed E-state index contributed by atoms with van der Waals surface area (Å²) in [5, 5.41) is 1.98. The maximum Gasteiger partial charge on any atom is 0.312 e. The molecule has 5 heteroatoms. The first-order valence-corrected chi connectivity index (χ1v) is 7.79. The van der Waals surface area contributed by atoms with Gasteiger partial charge in [-0.3, -0.25) is 4.79 Å². The molecule has 0 saturated heterocycles. The van der Waals surface area contributed by atoms with Crippen LogP contribution in [0.3, 0.4) is 0 Å². The van der Waals surface area contributed by atoms with Crippen molar-refractivity contribution in [2.45, 2.75) is 18.6 Å². The van der Waals surface area contributed by atoms with Gasteiger partial charge >= 0.3 is 5.97 Å². The van der Waals surface area contributed by atoms with E-state index in [1.807, 2.05) is 48.7 Å². The smallest absolute Gasteiger partial charge is 0.312 e. The zero-order chi connectivity index (χ0) is 16.2. The molecule has 22 heavy (non-hydrogen) atoms. The number of thiophene rings is 1. The molecular weight excluding hydrogens is 300 g/mol. The van der Waals surface area contributed by atoms with Crippen molar-refractivity contribution < 1.29 is 19.0 Å². The first kappa shape index (κ1) is 16.7. The van der Waals surface area contributed by atoms with Gasteiger partial charge in [-0.1, -0.05) is 30.3 Å². The number of hydrogen-bond donors (Lipinski definition) is 0. The largest absolute Gasteiger partial charge is 0.469 e. The normalized spacial score (nSPS) is 12.9. The van der Waals surface area contributed by atoms with Gasteiger partial charge in [0.05, 0.1) is 17.9 Å². The Morgan fingerprint density at radius 3 is 2.18 bits per heavy atom. The average Bonchev–Trinajstić information content (AvgIpc) is 3.11. The molecule has 2 aromatic rings. The van der Waals surface area contributed by atoms with Gasteiger partial charge in [-0.05, 0) is 23.9 Å². The lowest BCUT2D eigenvalue weighted by molar-refractivity contribution is -0.181. The van der Waals surface area contributed by atoms with Gasteiger partial charge in [-0.15, -0.1) is 11.3 Å². The van der Waals surface area contributed by atoms with Gasteiger partial charge in [-0.2, -0.15) is 0 Å². The molecule has 0 aliphatic carbocycles. The lowest BCUT2D eigenvalue weighted by Gasteiger charge is -2.30. The fraction of sp³-hybridized carbons (Fsp3) is 0.353. The van der Waals surface area contributed by atoms with E-state index in [-0.39, 0.29) is 11.9 Å². The molecule has 0 aliphatic heterocycles. The standard InChI is InChI=1S/C17H20O4S/c1-12(16(18)19-2)13-7-9-14(10-8-13)17(20-3,21-4)15-6-5-11-22-15/h5-12H,1-4H3. The van der Waals surface area contributed by atoms with Crippen molar-refractivity contribution in [3.8, 4) is 0 Å². The van der Waals surface area contributed by atoms with Crippen molar-refractivity contribution in [2.75, 3.05) is 21.3 Å². The van der Waals surface area contributed by atoms with E-state index in [9.17, 15) is 4.79 Å². The van der Waals surface area contributed by atoms with Gasteiger partial charge in [0.1, 0.15) is 0 Å². The summed E-state index contributed by atoms with van der Waals surface area (Å²) in [6.45, 7) is 1.82. The highest BCUT2D eigenvalue weighted by atomic mass is 32.1. The number of carbonyl (C=O) groups excluding carboxylic acids is 1. The van der Waals surface area contributed by atoms with Crippen LogP contribution in [-0.2, 0) is 24.8 Å². The van der Waals surface area contributed by atoms with Gasteiger partial charge in [-0.25, -0.2) is 0 Å². The molecule has 118 valence electrons. The maximum atomic E-state index is 11.6. The van der Waals surface area contributed by atoms with E-state index >= 15 is 0 Å². The highest BCUT2D eigenvalue weighted by Crippen LogP contribution is 2.37. The quantitative estimate of drug-likeness (QED) is 0.603. The number of esters is 1. The molecule has 1 atom stereocenters. The van der Waals surface area contributed by atoms with Gasteiger partial charge in [0.2, 0.25) is 5.79 Å². The summed E-state index contributed by atoms with van der Waals surface area (Å²) in [7, 11) is 4.63. The minimum absolute atomic E-state index is 0.254. The van der Waals surface area contributed by atoms with E-state index in [2.05, 4.69) is 0 Å². The Hall–Kier alpha value is -1.69. The summed E-state index contributed by atoms with van der Waals surface area (Å²) >= 11 is 1.57. The Morgan fingerprint density at radius 1 is 1.09 bits per heavy atom. The molecule has 0 spiro atoms. The minimum Gasteiger partial charge on any atom is -0.469 e. The van der Waals surface area contributed by atoms with Crippen molar-refractivity contribution in [3.63, 3.8) is 0 Å². The van der Waals surface area contributed by atoms with Crippen molar-refractivity contribution >= 4 is 17.3 Å². The topological polar surface area (TPSA) is 44.8 Å². The molecule has 0 saturated carbocycles. The third-order valence-corrected chi connectivity index (χ3v) is 4.72. The Bertz CT molecular complexity index is 600. The van der Waals surface area contributed by atoms with Crippen LogP contribution in [0.2, 0.25) is 0 Å². The molecule has 1 aromatic heterocycles. The predicted octanol–water partition coefficient (Wildman–Crippen LogP) is 3.52. The molecule has 0 N–H and O–H groups in total. The summed E-state index contributed by atoms with van der Waals surface area (Å²) < 4.78 is 16.1. The van der Waals surface area contributed by atoms with Crippen LogP contribution in [0.15, 0.2) is 41.8 Å². The van der Waals surface area contributed by atoms with E-state index < -0.39 is 5.79 Å². The number of rotatable bonds is 6. The summed E-state index contributed by atoms with van der Waals surface area (Å²) in [6, 6.07) is 11.6. The number of benzene rings is 1. The molecule has 0 radical (unpaired) electrons. The monoisotopic (exact) mass is 320 g/mol. The Kier molecular flexibility index (Phi) is 5.34. The predicted molar refractivity (Wildman–Crippen MR) is 86.0 cm³/mol. The van der Waals surface area contributed by atoms with Gasteiger partial charge in [0, 0.05) is 19.8 Å². The first-order chi connectivity index (χ1) is 10.6. The van der Waals surface area contributed by atoms with Crippen LogP contribution in [0.25, 0.3) is 0 Å². The minimum atomic E-state index is -0.929. The van der Waals surface area contributed by atoms with Crippen LogP contribution in [0, 0.1) is 0 Å². The van der Waals surface area contributed by atoms with E-state index in [0.717, 1.165) is 16.0 Å². The second-order valence-corrected chi connectivity index (χ2v) is 5.82. The van der Waals surface area contributed by atoms with E-state index in [0.29, 0.717) is 0 Å². The van der Waals surface area contributed by atoms with Gasteiger partial charge in [0.15, 0.2) is 0 Å². The maximum absolute atomic E-state index is 11.6. The lowest BCUT2D eigenvalue weighted by Crippen LogP contribution is -2.31. The number of hydrogen-bond acceptors (Lipinski definition) is 5. The zero-order valence-electron chi connectivity index (χ0n) is 13.2. The molecule has 0 bridgehead atoms. The third kappa shape index (κ3) is 2.92. The Labute approximate surface area is 134 Å². The highest BCUT2D eigenvalue weighted by Gasteiger charge is 2.35. The number of methoxy groups -OCH3 is 3. The second kappa shape index (κ2) is 7.05. The summed E-state index contributed by atoms with van der Waals surface area (Å²) in [5.41, 5.74) is 1.77. The van der Waals surface area contributed by atoms with Crippen molar-refractivity contribution in [1.82, 2.24) is 0 Å². The zero-order valence-corrected chi connectivity index (χ0v) is 14.0. The lowest BCUT2D eigenvalue weighted by atomic mass is 9.96. The van der Waals surface area contributed by atoms with Crippen LogP contribution < -0.4 is 0 Å². The van der Waals surface area contributed by atoms with Crippen molar-refractivity contribution in [1.29, 1.82) is 0 Å². The van der Waals surface area contributed by atoms with E-state index in [1.54, 1.807) is 25.6 Å². The second-order valence-electron chi connectivity index (χ2n) is 4.87. The van der Waals surface area contributed by atoms with Gasteiger partial charge < -0.3 is 14.2 Å². The fourth-order valence-corrected chi connectivity index (χ4v) is 3.33. The van der Waals surface area contributed by atoms with Crippen LogP contribution >= 0.6 is 11.3 Å². The summed E-state index contributed by atoms with van der Waals surface area (Å²) in [5.74, 6) is -1.49. The SMILES string of the molecule is COC(=O)C(C)c1ccc(C(OC)(OC)c2cccs2)cc1. The molecule has 0 aliphatic rings. The summed E-state index contributed by atoms with van der Waals surface area (Å²) in [6.07, 6.45) is 0. The Morgan fingerprint density at radius 2 is 1.73 bits per heavy atom.